The standard InChI is InChI=1S/C24H31F2N5O3/c1-16(32)29-24(10-4-2-3-5-11-24)23-28-21(34-30-23)9-8-20(33)27-17-14-18(25)22(19(26)15-17)31-12-6-7-13-31/h14-15H,2-13H2,1H3,(H,27,33)(H,29,32). The number of nitrogens with one attached hydrogen (secondary N) is 2. The van der Waals surface area contributed by atoms with Gasteiger partial charge in [0.25, 0.3) is 0 Å². The van der Waals surface area contributed by atoms with Crippen molar-refractivity contribution in [1.82, 2.24) is 15.5 Å². The summed E-state index contributed by atoms with van der Waals surface area (Å²) in [5.74, 6) is -1.24. The smallest absolute Gasteiger partial charge is 0.227 e. The predicted molar refractivity (Wildman–Crippen MR) is 122 cm³/mol. The molecule has 10 heteroatoms. The van der Waals surface area contributed by atoms with Crippen LogP contribution in [-0.4, -0.2) is 35.0 Å². The van der Waals surface area contributed by atoms with Crippen molar-refractivity contribution < 1.29 is 22.9 Å². The highest BCUT2D eigenvalue weighted by Gasteiger charge is 2.38. The minimum absolute atomic E-state index is 0.00584. The van der Waals surface area contributed by atoms with Crippen LogP contribution in [0.1, 0.15) is 76.4 Å². The summed E-state index contributed by atoms with van der Waals surface area (Å²) in [5.41, 5.74) is -0.629. The number of carbonyl (C=O) groups excluding carboxylic acids is 2. The molecule has 2 amide bonds. The average molecular weight is 476 g/mol. The van der Waals surface area contributed by atoms with Crippen LogP contribution >= 0.6 is 0 Å². The van der Waals surface area contributed by atoms with Crippen LogP contribution in [-0.2, 0) is 21.5 Å². The molecule has 4 rings (SSSR count). The average Bonchev–Trinajstić information content (AvgIpc) is 3.42. The monoisotopic (exact) mass is 475 g/mol. The Morgan fingerprint density at radius 1 is 1.06 bits per heavy atom. The molecule has 0 radical (unpaired) electrons. The molecule has 1 aliphatic carbocycles. The summed E-state index contributed by atoms with van der Waals surface area (Å²) in [5, 5.41) is 9.66. The quantitative estimate of drug-likeness (QED) is 0.582. The van der Waals surface area contributed by atoms with Gasteiger partial charge in [0.05, 0.1) is 0 Å². The molecule has 0 bridgehead atoms. The van der Waals surface area contributed by atoms with Crippen molar-refractivity contribution in [3.8, 4) is 0 Å². The molecule has 0 atom stereocenters. The molecule has 2 fully saturated rings. The van der Waals surface area contributed by atoms with Crippen LogP contribution in [0, 0.1) is 11.6 Å². The van der Waals surface area contributed by atoms with Gasteiger partial charge in [0, 0.05) is 38.5 Å². The van der Waals surface area contributed by atoms with Crippen LogP contribution in [0.4, 0.5) is 20.2 Å². The zero-order valence-electron chi connectivity index (χ0n) is 19.5. The zero-order valence-corrected chi connectivity index (χ0v) is 19.5. The molecular weight excluding hydrogens is 444 g/mol. The Morgan fingerprint density at radius 2 is 1.71 bits per heavy atom. The zero-order chi connectivity index (χ0) is 24.1. The molecule has 2 aliphatic rings. The van der Waals surface area contributed by atoms with Crippen LogP contribution in [0.2, 0.25) is 0 Å². The molecular formula is C24H31F2N5O3. The first-order valence-electron chi connectivity index (χ1n) is 12.0. The number of nitrogens with zero attached hydrogens (tertiary/aromatic N) is 3. The third-order valence-corrected chi connectivity index (χ3v) is 6.56. The molecule has 1 aromatic carbocycles. The Labute approximate surface area is 197 Å². The summed E-state index contributed by atoms with van der Waals surface area (Å²) in [6, 6.07) is 2.28. The number of aromatic nitrogens is 2. The van der Waals surface area contributed by atoms with E-state index in [0.717, 1.165) is 63.5 Å². The highest BCUT2D eigenvalue weighted by Crippen LogP contribution is 2.35. The summed E-state index contributed by atoms with van der Waals surface area (Å²) >= 11 is 0. The van der Waals surface area contributed by atoms with Gasteiger partial charge in [0.1, 0.15) is 11.2 Å². The maximum atomic E-state index is 14.5. The predicted octanol–water partition coefficient (Wildman–Crippen LogP) is 4.20. The third-order valence-electron chi connectivity index (χ3n) is 6.56. The summed E-state index contributed by atoms with van der Waals surface area (Å²) in [7, 11) is 0. The Hall–Kier alpha value is -3.04. The van der Waals surface area contributed by atoms with Gasteiger partial charge in [-0.2, -0.15) is 4.98 Å². The van der Waals surface area contributed by atoms with Gasteiger partial charge in [-0.3, -0.25) is 9.59 Å². The molecule has 34 heavy (non-hydrogen) atoms. The van der Waals surface area contributed by atoms with Crippen molar-refractivity contribution in [1.29, 1.82) is 0 Å². The van der Waals surface area contributed by atoms with Crippen molar-refractivity contribution in [2.45, 2.75) is 76.7 Å². The van der Waals surface area contributed by atoms with Gasteiger partial charge < -0.3 is 20.1 Å². The largest absolute Gasteiger partial charge is 0.367 e. The first kappa shape index (κ1) is 24.1. The van der Waals surface area contributed by atoms with Gasteiger partial charge in [-0.25, -0.2) is 8.78 Å². The Balaban J connectivity index is 1.38. The number of carbonyl (C=O) groups is 2. The van der Waals surface area contributed by atoms with Crippen molar-refractivity contribution in [2.24, 2.45) is 0 Å². The van der Waals surface area contributed by atoms with Gasteiger partial charge in [-0.05, 0) is 37.8 Å². The van der Waals surface area contributed by atoms with Crippen LogP contribution in [0.3, 0.4) is 0 Å². The molecule has 8 nitrogen and oxygen atoms in total. The molecule has 1 aromatic heterocycles. The highest BCUT2D eigenvalue weighted by atomic mass is 19.1. The van der Waals surface area contributed by atoms with Gasteiger partial charge in [-0.15, -0.1) is 0 Å². The normalized spacial score (nSPS) is 17.9. The van der Waals surface area contributed by atoms with Gasteiger partial charge in [0.2, 0.25) is 17.7 Å². The van der Waals surface area contributed by atoms with E-state index in [1.54, 1.807) is 4.90 Å². The number of aryl methyl sites for hydroxylation is 1. The second-order valence-corrected chi connectivity index (χ2v) is 9.22. The minimum Gasteiger partial charge on any atom is -0.367 e. The molecule has 0 unspecified atom stereocenters. The van der Waals surface area contributed by atoms with E-state index in [0.29, 0.717) is 18.9 Å². The summed E-state index contributed by atoms with van der Waals surface area (Å²) in [4.78, 5) is 30.4. The number of amides is 2. The molecule has 2 heterocycles. The number of halogens is 2. The maximum Gasteiger partial charge on any atom is 0.227 e. The second kappa shape index (κ2) is 10.5. The fraction of sp³-hybridized carbons (Fsp3) is 0.583. The molecule has 1 aliphatic heterocycles. The van der Waals surface area contributed by atoms with Crippen molar-refractivity contribution in [3.63, 3.8) is 0 Å². The van der Waals surface area contributed by atoms with E-state index in [2.05, 4.69) is 20.8 Å². The van der Waals surface area contributed by atoms with Gasteiger partial charge in [0.15, 0.2) is 17.5 Å². The van der Waals surface area contributed by atoms with Crippen LogP contribution < -0.4 is 15.5 Å². The van der Waals surface area contributed by atoms with Crippen LogP contribution in [0.15, 0.2) is 16.7 Å². The lowest BCUT2D eigenvalue weighted by molar-refractivity contribution is -0.121. The molecule has 184 valence electrons. The Kier molecular flexibility index (Phi) is 7.43. The van der Waals surface area contributed by atoms with Crippen LogP contribution in [0.5, 0.6) is 0 Å². The van der Waals surface area contributed by atoms with Gasteiger partial charge in [-0.1, -0.05) is 30.8 Å². The van der Waals surface area contributed by atoms with E-state index in [9.17, 15) is 18.4 Å². The molecule has 0 spiro atoms. The van der Waals surface area contributed by atoms with E-state index >= 15 is 0 Å². The number of benzene rings is 1. The lowest BCUT2D eigenvalue weighted by atomic mass is 9.89. The first-order valence-corrected chi connectivity index (χ1v) is 12.0. The summed E-state index contributed by atoms with van der Waals surface area (Å²) in [6.45, 7) is 2.71. The Bertz CT molecular complexity index is 1000. The lowest BCUT2D eigenvalue weighted by Crippen LogP contribution is -2.45. The third kappa shape index (κ3) is 5.53. The van der Waals surface area contributed by atoms with Crippen molar-refractivity contribution >= 4 is 23.2 Å². The van der Waals surface area contributed by atoms with E-state index in [1.807, 2.05) is 0 Å². The van der Waals surface area contributed by atoms with E-state index < -0.39 is 23.1 Å². The van der Waals surface area contributed by atoms with Crippen molar-refractivity contribution in [2.75, 3.05) is 23.3 Å². The fourth-order valence-corrected chi connectivity index (χ4v) is 4.95. The topological polar surface area (TPSA) is 100 Å². The summed E-state index contributed by atoms with van der Waals surface area (Å²) in [6.07, 6.45) is 7.54. The lowest BCUT2D eigenvalue weighted by Gasteiger charge is -2.30. The maximum absolute atomic E-state index is 14.5. The Morgan fingerprint density at radius 3 is 2.32 bits per heavy atom. The fourth-order valence-electron chi connectivity index (χ4n) is 4.95. The van der Waals surface area contributed by atoms with Gasteiger partial charge >= 0.3 is 0 Å². The molecule has 2 N–H and O–H groups in total. The van der Waals surface area contributed by atoms with Crippen LogP contribution in [0.25, 0.3) is 0 Å². The molecule has 1 saturated carbocycles. The number of rotatable bonds is 7. The second-order valence-electron chi connectivity index (χ2n) is 9.22. The van der Waals surface area contributed by atoms with E-state index in [1.165, 1.54) is 6.92 Å². The SMILES string of the molecule is CC(=O)NC1(c2noc(CCC(=O)Nc3cc(F)c(N4CCCC4)c(F)c3)n2)CCCCCC1. The molecule has 2 aromatic rings. The molecule has 1 saturated heterocycles. The number of anilines is 2. The number of hydrogen-bond acceptors (Lipinski definition) is 6. The number of hydrogen-bond donors (Lipinski definition) is 2. The van der Waals surface area contributed by atoms with E-state index in [4.69, 9.17) is 4.52 Å². The van der Waals surface area contributed by atoms with E-state index in [-0.39, 0.29) is 36.0 Å². The van der Waals surface area contributed by atoms with Crippen molar-refractivity contribution in [3.05, 3.63) is 35.5 Å². The summed E-state index contributed by atoms with van der Waals surface area (Å²) < 4.78 is 34.4. The minimum atomic E-state index is -0.689. The highest BCUT2D eigenvalue weighted by molar-refractivity contribution is 5.91. The first-order chi connectivity index (χ1) is 16.4.